The molecule has 0 saturated carbocycles. The molecule has 3 rings (SSSR count). The van der Waals surface area contributed by atoms with E-state index < -0.39 is 30.5 Å². The van der Waals surface area contributed by atoms with Gasteiger partial charge in [-0.1, -0.05) is 18.2 Å². The van der Waals surface area contributed by atoms with Gasteiger partial charge >= 0.3 is 18.4 Å². The summed E-state index contributed by atoms with van der Waals surface area (Å²) in [6.07, 6.45) is -7.72. The van der Waals surface area contributed by atoms with E-state index in [0.717, 1.165) is 38.1 Å². The number of alkyl halides is 6. The van der Waals surface area contributed by atoms with Crippen LogP contribution in [-0.2, 0) is 12.6 Å². The van der Waals surface area contributed by atoms with Gasteiger partial charge in [0.1, 0.15) is 5.82 Å². The molecule has 0 atom stereocenters. The van der Waals surface area contributed by atoms with Crippen molar-refractivity contribution in [2.75, 3.05) is 25.0 Å². The topological polar surface area (TPSA) is 72.0 Å². The summed E-state index contributed by atoms with van der Waals surface area (Å²) >= 11 is 0. The molecule has 6 nitrogen and oxygen atoms in total. The maximum atomic E-state index is 12.9. The molecule has 1 aliphatic rings. The van der Waals surface area contributed by atoms with E-state index >= 15 is 0 Å². The van der Waals surface area contributed by atoms with Gasteiger partial charge in [-0.25, -0.2) is 0 Å². The van der Waals surface area contributed by atoms with Crippen molar-refractivity contribution >= 4 is 5.95 Å². The molecular weight excluding hydrogens is 416 g/mol. The van der Waals surface area contributed by atoms with Crippen molar-refractivity contribution < 1.29 is 31.1 Å². The van der Waals surface area contributed by atoms with E-state index in [1.54, 1.807) is 0 Å². The largest absolute Gasteiger partial charge is 0.454 e. The SMILES string of the molecule is FC(F)(F)COc1nc(Cc2cccc(C(F)(F)F)c2)nc(NC2CCNCC2)n1. The van der Waals surface area contributed by atoms with Gasteiger partial charge in [-0.3, -0.25) is 0 Å². The van der Waals surface area contributed by atoms with Crippen LogP contribution in [-0.4, -0.2) is 46.9 Å². The molecule has 2 N–H and O–H groups in total. The van der Waals surface area contributed by atoms with Gasteiger partial charge in [0, 0.05) is 12.5 Å². The summed E-state index contributed by atoms with van der Waals surface area (Å²) in [5, 5.41) is 6.21. The van der Waals surface area contributed by atoms with E-state index in [1.807, 2.05) is 0 Å². The van der Waals surface area contributed by atoms with E-state index in [0.29, 0.717) is 0 Å². The number of nitrogens with one attached hydrogen (secondary N) is 2. The second-order valence-electron chi connectivity index (χ2n) is 6.81. The fraction of sp³-hybridized carbons (Fsp3) is 0.500. The van der Waals surface area contributed by atoms with Crippen molar-refractivity contribution in [1.82, 2.24) is 20.3 Å². The number of hydrogen-bond acceptors (Lipinski definition) is 6. The first-order chi connectivity index (χ1) is 14.1. The molecule has 1 aromatic heterocycles. The number of nitrogens with zero attached hydrogens (tertiary/aromatic N) is 3. The number of anilines is 1. The second kappa shape index (κ2) is 9.02. The Morgan fingerprint density at radius 1 is 1.03 bits per heavy atom. The first-order valence-corrected chi connectivity index (χ1v) is 9.16. The predicted octanol–water partition coefficient (Wildman–Crippen LogP) is 3.59. The minimum absolute atomic E-state index is 0.00191. The number of piperidine rings is 1. The third-order valence-corrected chi connectivity index (χ3v) is 4.32. The quantitative estimate of drug-likeness (QED) is 0.676. The maximum absolute atomic E-state index is 12.9. The molecular formula is C18H19F6N5O. The molecule has 30 heavy (non-hydrogen) atoms. The summed E-state index contributed by atoms with van der Waals surface area (Å²) in [6.45, 7) is -0.0681. The van der Waals surface area contributed by atoms with Gasteiger partial charge < -0.3 is 15.4 Å². The van der Waals surface area contributed by atoms with Crippen LogP contribution in [0.3, 0.4) is 0 Å². The lowest BCUT2D eigenvalue weighted by Gasteiger charge is -2.23. The summed E-state index contributed by atoms with van der Waals surface area (Å²) in [4.78, 5) is 11.9. The van der Waals surface area contributed by atoms with E-state index in [1.165, 1.54) is 12.1 Å². The van der Waals surface area contributed by atoms with Crippen molar-refractivity contribution in [3.05, 3.63) is 41.2 Å². The number of rotatable bonds is 6. The highest BCUT2D eigenvalue weighted by Crippen LogP contribution is 2.30. The summed E-state index contributed by atoms with van der Waals surface area (Å²) < 4.78 is 80.9. The van der Waals surface area contributed by atoms with Crippen molar-refractivity contribution in [1.29, 1.82) is 0 Å². The molecule has 12 heteroatoms. The molecule has 0 spiro atoms. The Kier molecular flexibility index (Phi) is 6.64. The van der Waals surface area contributed by atoms with E-state index in [-0.39, 0.29) is 29.8 Å². The average Bonchev–Trinajstić information content (AvgIpc) is 2.66. The van der Waals surface area contributed by atoms with Crippen LogP contribution in [0.1, 0.15) is 29.8 Å². The Balaban J connectivity index is 1.83. The van der Waals surface area contributed by atoms with E-state index in [2.05, 4.69) is 30.3 Å². The van der Waals surface area contributed by atoms with Crippen LogP contribution in [0, 0.1) is 0 Å². The molecule has 0 aliphatic carbocycles. The van der Waals surface area contributed by atoms with Gasteiger partial charge in [-0.05, 0) is 37.6 Å². The Labute approximate surface area is 168 Å². The fourth-order valence-corrected chi connectivity index (χ4v) is 2.94. The first-order valence-electron chi connectivity index (χ1n) is 9.16. The van der Waals surface area contributed by atoms with Gasteiger partial charge in [0.2, 0.25) is 5.95 Å². The third-order valence-electron chi connectivity index (χ3n) is 4.32. The molecule has 1 aliphatic heterocycles. The van der Waals surface area contributed by atoms with Gasteiger partial charge in [0.25, 0.3) is 0 Å². The number of halogens is 6. The predicted molar refractivity (Wildman–Crippen MR) is 95.1 cm³/mol. The fourth-order valence-electron chi connectivity index (χ4n) is 2.94. The Bertz CT molecular complexity index is 852. The zero-order valence-electron chi connectivity index (χ0n) is 15.6. The van der Waals surface area contributed by atoms with E-state index in [9.17, 15) is 26.3 Å². The van der Waals surface area contributed by atoms with Gasteiger partial charge in [-0.15, -0.1) is 0 Å². The standard InChI is InChI=1S/C18H19F6N5O/c19-17(20,21)10-30-16-28-14(9-11-2-1-3-12(8-11)18(22,23)24)27-15(29-16)26-13-4-6-25-7-5-13/h1-3,8,13,25H,4-7,9-10H2,(H,26,27,28,29). The highest BCUT2D eigenvalue weighted by Gasteiger charge is 2.31. The van der Waals surface area contributed by atoms with Crippen molar-refractivity contribution in [2.45, 2.75) is 37.7 Å². The van der Waals surface area contributed by atoms with Crippen LogP contribution in [0.5, 0.6) is 6.01 Å². The van der Waals surface area contributed by atoms with Crippen molar-refractivity contribution in [2.24, 2.45) is 0 Å². The number of ether oxygens (including phenoxy) is 1. The average molecular weight is 435 g/mol. The summed E-state index contributed by atoms with van der Waals surface area (Å²) in [5.74, 6) is 0.0222. The minimum atomic E-state index is -4.59. The number of hydrogen-bond donors (Lipinski definition) is 2. The van der Waals surface area contributed by atoms with Crippen LogP contribution in [0.2, 0.25) is 0 Å². The molecule has 0 unspecified atom stereocenters. The molecule has 1 fully saturated rings. The Hall–Kier alpha value is -2.63. The zero-order valence-corrected chi connectivity index (χ0v) is 15.6. The number of benzene rings is 1. The molecule has 1 aromatic carbocycles. The van der Waals surface area contributed by atoms with Crippen molar-refractivity contribution in [3.8, 4) is 6.01 Å². The van der Waals surface area contributed by atoms with Crippen LogP contribution >= 0.6 is 0 Å². The minimum Gasteiger partial charge on any atom is -0.454 e. The molecule has 0 amide bonds. The Morgan fingerprint density at radius 3 is 2.43 bits per heavy atom. The van der Waals surface area contributed by atoms with Crippen LogP contribution in [0.4, 0.5) is 32.3 Å². The lowest BCUT2D eigenvalue weighted by molar-refractivity contribution is -0.154. The van der Waals surface area contributed by atoms with E-state index in [4.69, 9.17) is 0 Å². The second-order valence-corrected chi connectivity index (χ2v) is 6.81. The van der Waals surface area contributed by atoms with Crippen LogP contribution < -0.4 is 15.4 Å². The summed E-state index contributed by atoms with van der Waals surface area (Å²) in [5.41, 5.74) is -0.582. The van der Waals surface area contributed by atoms with Gasteiger partial charge in [-0.2, -0.15) is 41.3 Å². The molecule has 0 bridgehead atoms. The van der Waals surface area contributed by atoms with Crippen LogP contribution in [0.25, 0.3) is 0 Å². The summed E-state index contributed by atoms with van der Waals surface area (Å²) in [7, 11) is 0. The maximum Gasteiger partial charge on any atom is 0.422 e. The van der Waals surface area contributed by atoms with Gasteiger partial charge in [0.15, 0.2) is 6.61 Å². The highest BCUT2D eigenvalue weighted by molar-refractivity contribution is 5.31. The lowest BCUT2D eigenvalue weighted by atomic mass is 10.1. The highest BCUT2D eigenvalue weighted by atomic mass is 19.4. The summed E-state index contributed by atoms with van der Waals surface area (Å²) in [6, 6.07) is 4.04. The normalized spacial score (nSPS) is 15.8. The third kappa shape index (κ3) is 6.71. The number of aromatic nitrogens is 3. The first kappa shape index (κ1) is 22.1. The molecule has 2 heterocycles. The smallest absolute Gasteiger partial charge is 0.422 e. The zero-order chi connectivity index (χ0) is 21.8. The lowest BCUT2D eigenvalue weighted by Crippen LogP contribution is -2.35. The Morgan fingerprint density at radius 2 is 1.77 bits per heavy atom. The monoisotopic (exact) mass is 435 g/mol. The molecule has 2 aromatic rings. The molecule has 164 valence electrons. The molecule has 0 radical (unpaired) electrons. The molecule has 1 saturated heterocycles. The van der Waals surface area contributed by atoms with Crippen LogP contribution in [0.15, 0.2) is 24.3 Å². The van der Waals surface area contributed by atoms with Crippen molar-refractivity contribution in [3.63, 3.8) is 0 Å². The van der Waals surface area contributed by atoms with Gasteiger partial charge in [0.05, 0.1) is 5.56 Å².